The van der Waals surface area contributed by atoms with E-state index in [0.717, 1.165) is 12.6 Å². The van der Waals surface area contributed by atoms with Gasteiger partial charge in [0.25, 0.3) is 5.91 Å². The first-order valence-corrected chi connectivity index (χ1v) is 5.67. The van der Waals surface area contributed by atoms with Crippen LogP contribution in [-0.4, -0.2) is 40.1 Å². The number of aliphatic hydroxyl groups excluding tert-OH is 1. The predicted octanol–water partition coefficient (Wildman–Crippen LogP) is 1.06. The van der Waals surface area contributed by atoms with Crippen LogP contribution in [0.2, 0.25) is 0 Å². The van der Waals surface area contributed by atoms with Gasteiger partial charge < -0.3 is 10.0 Å². The van der Waals surface area contributed by atoms with Gasteiger partial charge in [0.2, 0.25) is 0 Å². The van der Waals surface area contributed by atoms with Gasteiger partial charge in [-0.2, -0.15) is 0 Å². The van der Waals surface area contributed by atoms with E-state index in [1.54, 1.807) is 4.90 Å². The van der Waals surface area contributed by atoms with E-state index in [4.69, 9.17) is 0 Å². The van der Waals surface area contributed by atoms with Gasteiger partial charge in [0.1, 0.15) is 11.5 Å². The molecule has 1 amide bonds. The number of likely N-dealkylation sites (tertiary alicyclic amines) is 1. The molecule has 0 spiro atoms. The first-order valence-electron chi connectivity index (χ1n) is 5.67. The zero-order valence-corrected chi connectivity index (χ0v) is 9.64. The summed E-state index contributed by atoms with van der Waals surface area (Å²) in [4.78, 5) is 17.5. The molecule has 1 aliphatic heterocycles. The number of aromatic nitrogens is 1. The van der Waals surface area contributed by atoms with E-state index < -0.39 is 5.82 Å². The topological polar surface area (TPSA) is 53.4 Å². The van der Waals surface area contributed by atoms with Crippen molar-refractivity contribution in [2.24, 2.45) is 5.92 Å². The van der Waals surface area contributed by atoms with Gasteiger partial charge in [-0.3, -0.25) is 4.79 Å². The molecule has 1 aromatic heterocycles. The molecule has 2 rings (SSSR count). The van der Waals surface area contributed by atoms with E-state index >= 15 is 0 Å². The number of carbonyl (C=O) groups excluding carboxylic acids is 1. The second-order valence-electron chi connectivity index (χ2n) is 4.38. The van der Waals surface area contributed by atoms with Gasteiger partial charge in [-0.05, 0) is 24.5 Å². The van der Waals surface area contributed by atoms with Crippen LogP contribution in [0, 0.1) is 11.7 Å². The Bertz CT molecular complexity index is 407. The Hall–Kier alpha value is -1.49. The summed E-state index contributed by atoms with van der Waals surface area (Å²) in [5.74, 6) is -0.423. The SMILES string of the molecule is CC1CCN(C(=O)c2ccc(F)cn2)C1CO. The number of hydrogen-bond acceptors (Lipinski definition) is 3. The molecule has 1 saturated heterocycles. The number of halogens is 1. The third kappa shape index (κ3) is 2.29. The number of pyridine rings is 1. The summed E-state index contributed by atoms with van der Waals surface area (Å²) in [5, 5.41) is 9.27. The number of rotatable bonds is 2. The van der Waals surface area contributed by atoms with Crippen LogP contribution in [0.5, 0.6) is 0 Å². The van der Waals surface area contributed by atoms with E-state index in [9.17, 15) is 14.3 Å². The second kappa shape index (κ2) is 4.79. The average Bonchev–Trinajstić information content (AvgIpc) is 2.70. The van der Waals surface area contributed by atoms with Crippen molar-refractivity contribution in [1.29, 1.82) is 0 Å². The fourth-order valence-corrected chi connectivity index (χ4v) is 2.19. The number of amides is 1. The second-order valence-corrected chi connectivity index (χ2v) is 4.38. The summed E-state index contributed by atoms with van der Waals surface area (Å²) in [6.45, 7) is 2.57. The molecule has 2 heterocycles. The fraction of sp³-hybridized carbons (Fsp3) is 0.500. The van der Waals surface area contributed by atoms with Crippen LogP contribution in [0.15, 0.2) is 18.3 Å². The maximum Gasteiger partial charge on any atom is 0.272 e. The minimum absolute atomic E-state index is 0.0475. The predicted molar refractivity (Wildman–Crippen MR) is 59.9 cm³/mol. The van der Waals surface area contributed by atoms with Crippen molar-refractivity contribution < 1.29 is 14.3 Å². The summed E-state index contributed by atoms with van der Waals surface area (Å²) in [5.41, 5.74) is 0.221. The Morgan fingerprint density at radius 2 is 2.41 bits per heavy atom. The van der Waals surface area contributed by atoms with E-state index in [1.807, 2.05) is 6.92 Å². The van der Waals surface area contributed by atoms with Gasteiger partial charge in [0.05, 0.1) is 18.8 Å². The van der Waals surface area contributed by atoms with Gasteiger partial charge in [0.15, 0.2) is 0 Å². The third-order valence-electron chi connectivity index (χ3n) is 3.28. The minimum atomic E-state index is -0.463. The molecule has 1 aromatic rings. The van der Waals surface area contributed by atoms with Crippen LogP contribution in [0.1, 0.15) is 23.8 Å². The molecular formula is C12H15FN2O2. The van der Waals surface area contributed by atoms with Crippen molar-refractivity contribution in [3.8, 4) is 0 Å². The number of aliphatic hydroxyl groups is 1. The van der Waals surface area contributed by atoms with Crippen LogP contribution in [-0.2, 0) is 0 Å². The molecule has 0 aromatic carbocycles. The molecule has 1 fully saturated rings. The highest BCUT2D eigenvalue weighted by Crippen LogP contribution is 2.24. The van der Waals surface area contributed by atoms with E-state index in [0.29, 0.717) is 6.54 Å². The molecular weight excluding hydrogens is 223 g/mol. The zero-order chi connectivity index (χ0) is 12.4. The molecule has 2 unspecified atom stereocenters. The van der Waals surface area contributed by atoms with Crippen LogP contribution in [0.25, 0.3) is 0 Å². The van der Waals surface area contributed by atoms with Gasteiger partial charge in [-0.15, -0.1) is 0 Å². The summed E-state index contributed by atoms with van der Waals surface area (Å²) in [7, 11) is 0. The van der Waals surface area contributed by atoms with E-state index in [2.05, 4.69) is 4.98 Å². The Labute approximate surface area is 99.1 Å². The molecule has 1 N–H and O–H groups in total. The van der Waals surface area contributed by atoms with Crippen LogP contribution >= 0.6 is 0 Å². The van der Waals surface area contributed by atoms with Crippen molar-refractivity contribution in [2.75, 3.05) is 13.2 Å². The molecule has 0 aliphatic carbocycles. The summed E-state index contributed by atoms with van der Waals surface area (Å²) >= 11 is 0. The number of carbonyl (C=O) groups is 1. The first kappa shape index (κ1) is 12.0. The monoisotopic (exact) mass is 238 g/mol. The quantitative estimate of drug-likeness (QED) is 0.838. The molecule has 2 atom stereocenters. The fourth-order valence-electron chi connectivity index (χ4n) is 2.19. The van der Waals surface area contributed by atoms with Crippen molar-refractivity contribution in [2.45, 2.75) is 19.4 Å². The van der Waals surface area contributed by atoms with Gasteiger partial charge in [0, 0.05) is 6.54 Å². The standard InChI is InChI=1S/C12H15FN2O2/c1-8-4-5-15(11(8)7-16)12(17)10-3-2-9(13)6-14-10/h2-3,6,8,11,16H,4-5,7H2,1H3. The van der Waals surface area contributed by atoms with Crippen molar-refractivity contribution >= 4 is 5.91 Å². The third-order valence-corrected chi connectivity index (χ3v) is 3.28. The molecule has 92 valence electrons. The Morgan fingerprint density at radius 1 is 1.65 bits per heavy atom. The molecule has 4 nitrogen and oxygen atoms in total. The van der Waals surface area contributed by atoms with Crippen LogP contribution < -0.4 is 0 Å². The molecule has 0 radical (unpaired) electrons. The average molecular weight is 238 g/mol. The smallest absolute Gasteiger partial charge is 0.272 e. The van der Waals surface area contributed by atoms with Crippen molar-refractivity contribution in [1.82, 2.24) is 9.88 Å². The molecule has 1 aliphatic rings. The molecule has 0 bridgehead atoms. The lowest BCUT2D eigenvalue weighted by molar-refractivity contribution is 0.0642. The van der Waals surface area contributed by atoms with Crippen LogP contribution in [0.3, 0.4) is 0 Å². The summed E-state index contributed by atoms with van der Waals surface area (Å²) in [6.07, 6.45) is 1.90. The molecule has 5 heteroatoms. The highest BCUT2D eigenvalue weighted by atomic mass is 19.1. The Morgan fingerprint density at radius 3 is 3.00 bits per heavy atom. The summed E-state index contributed by atoms with van der Waals surface area (Å²) in [6, 6.07) is 2.43. The van der Waals surface area contributed by atoms with E-state index in [1.165, 1.54) is 12.1 Å². The highest BCUT2D eigenvalue weighted by molar-refractivity contribution is 5.92. The lowest BCUT2D eigenvalue weighted by Gasteiger charge is -2.24. The highest BCUT2D eigenvalue weighted by Gasteiger charge is 2.34. The number of hydrogen-bond donors (Lipinski definition) is 1. The first-order chi connectivity index (χ1) is 8.13. The van der Waals surface area contributed by atoms with Crippen LogP contribution in [0.4, 0.5) is 4.39 Å². The zero-order valence-electron chi connectivity index (χ0n) is 9.64. The summed E-state index contributed by atoms with van der Waals surface area (Å²) < 4.78 is 12.7. The molecule has 17 heavy (non-hydrogen) atoms. The largest absolute Gasteiger partial charge is 0.394 e. The normalized spacial score (nSPS) is 24.1. The lowest BCUT2D eigenvalue weighted by Crippen LogP contribution is -2.40. The van der Waals surface area contributed by atoms with Crippen molar-refractivity contribution in [3.63, 3.8) is 0 Å². The van der Waals surface area contributed by atoms with Gasteiger partial charge >= 0.3 is 0 Å². The maximum absolute atomic E-state index is 12.7. The Balaban J connectivity index is 2.17. The number of nitrogens with zero attached hydrogens (tertiary/aromatic N) is 2. The van der Waals surface area contributed by atoms with Crippen molar-refractivity contribution in [3.05, 3.63) is 29.8 Å². The minimum Gasteiger partial charge on any atom is -0.394 e. The maximum atomic E-state index is 12.7. The van der Waals surface area contributed by atoms with Gasteiger partial charge in [-0.1, -0.05) is 6.92 Å². The Kier molecular flexibility index (Phi) is 3.38. The van der Waals surface area contributed by atoms with E-state index in [-0.39, 0.29) is 30.2 Å². The lowest BCUT2D eigenvalue weighted by atomic mass is 10.0. The molecule has 0 saturated carbocycles. The van der Waals surface area contributed by atoms with Gasteiger partial charge in [-0.25, -0.2) is 9.37 Å².